The Morgan fingerprint density at radius 3 is 2.73 bits per heavy atom. The molecule has 0 N–H and O–H groups in total. The van der Waals surface area contributed by atoms with E-state index in [-0.39, 0.29) is 0 Å². The van der Waals surface area contributed by atoms with Crippen LogP contribution in [-0.2, 0) is 9.47 Å². The smallest absolute Gasteiger partial charge is 0.0805 e. The van der Waals surface area contributed by atoms with E-state index in [1.54, 1.807) is 7.11 Å². The summed E-state index contributed by atoms with van der Waals surface area (Å²) in [5, 5.41) is 0. The molecule has 1 fully saturated rings. The van der Waals surface area contributed by atoms with Crippen LogP contribution in [-0.4, -0.2) is 25.9 Å². The summed E-state index contributed by atoms with van der Waals surface area (Å²) in [5.74, 6) is 0.875. The minimum Gasteiger partial charge on any atom is -0.379 e. The first-order valence-corrected chi connectivity index (χ1v) is 6.40. The molecule has 0 aromatic carbocycles. The predicted molar refractivity (Wildman–Crippen MR) is 63.1 cm³/mol. The van der Waals surface area contributed by atoms with Gasteiger partial charge in [0.25, 0.3) is 0 Å². The average Bonchev–Trinajstić information content (AvgIpc) is 2.29. The fourth-order valence-corrected chi connectivity index (χ4v) is 2.09. The maximum absolute atomic E-state index is 5.77. The van der Waals surface area contributed by atoms with Crippen molar-refractivity contribution in [1.29, 1.82) is 0 Å². The molecule has 1 aliphatic heterocycles. The molecule has 0 aromatic heterocycles. The zero-order valence-electron chi connectivity index (χ0n) is 10.5. The molecule has 2 nitrogen and oxygen atoms in total. The van der Waals surface area contributed by atoms with Crippen molar-refractivity contribution in [3.8, 4) is 0 Å². The molecular formula is C13H26O2. The van der Waals surface area contributed by atoms with Gasteiger partial charge in [0.1, 0.15) is 0 Å². The second kappa shape index (κ2) is 7.24. The number of methoxy groups -OCH3 is 1. The van der Waals surface area contributed by atoms with Crippen LogP contribution < -0.4 is 0 Å². The highest BCUT2D eigenvalue weighted by atomic mass is 16.5. The molecule has 0 aliphatic carbocycles. The van der Waals surface area contributed by atoms with Gasteiger partial charge in [-0.15, -0.1) is 0 Å². The van der Waals surface area contributed by atoms with Crippen LogP contribution in [0.4, 0.5) is 0 Å². The molecule has 3 atom stereocenters. The van der Waals surface area contributed by atoms with Crippen molar-refractivity contribution in [2.75, 3.05) is 13.7 Å². The molecule has 0 amide bonds. The summed E-state index contributed by atoms with van der Waals surface area (Å²) >= 11 is 0. The third-order valence-corrected chi connectivity index (χ3v) is 3.58. The van der Waals surface area contributed by atoms with Gasteiger partial charge in [-0.25, -0.2) is 0 Å². The lowest BCUT2D eigenvalue weighted by Gasteiger charge is -2.28. The number of hydrogen-bond donors (Lipinski definition) is 0. The summed E-state index contributed by atoms with van der Waals surface area (Å²) in [7, 11) is 1.78. The fraction of sp³-hybridized carbons (Fsp3) is 1.00. The van der Waals surface area contributed by atoms with Crippen LogP contribution in [0.25, 0.3) is 0 Å². The zero-order valence-corrected chi connectivity index (χ0v) is 10.5. The molecule has 1 saturated heterocycles. The summed E-state index contributed by atoms with van der Waals surface area (Å²) in [6.07, 6.45) is 8.40. The summed E-state index contributed by atoms with van der Waals surface area (Å²) in [4.78, 5) is 0. The minimum atomic E-state index is 0.343. The van der Waals surface area contributed by atoms with Gasteiger partial charge in [-0.2, -0.15) is 0 Å². The Balaban J connectivity index is 2.03. The van der Waals surface area contributed by atoms with E-state index in [1.165, 1.54) is 38.5 Å². The van der Waals surface area contributed by atoms with Crippen molar-refractivity contribution in [1.82, 2.24) is 0 Å². The van der Waals surface area contributed by atoms with Crippen LogP contribution in [0.5, 0.6) is 0 Å². The van der Waals surface area contributed by atoms with E-state index in [4.69, 9.17) is 9.47 Å². The van der Waals surface area contributed by atoms with Crippen molar-refractivity contribution in [3.63, 3.8) is 0 Å². The van der Waals surface area contributed by atoms with Gasteiger partial charge >= 0.3 is 0 Å². The molecule has 2 heteroatoms. The standard InChI is InChI=1S/C13H26O2/c1-4-11(2)6-5-7-12-8-9-13(14-3)10-15-12/h11-13H,4-10H2,1-3H3. The Morgan fingerprint density at radius 1 is 1.40 bits per heavy atom. The Bertz CT molecular complexity index is 151. The maximum Gasteiger partial charge on any atom is 0.0805 e. The Morgan fingerprint density at radius 2 is 2.20 bits per heavy atom. The van der Waals surface area contributed by atoms with Crippen molar-refractivity contribution < 1.29 is 9.47 Å². The van der Waals surface area contributed by atoms with Gasteiger partial charge in [-0.1, -0.05) is 33.1 Å². The first-order valence-electron chi connectivity index (χ1n) is 6.40. The summed E-state index contributed by atoms with van der Waals surface area (Å²) < 4.78 is 11.0. The van der Waals surface area contributed by atoms with Gasteiger partial charge in [0.05, 0.1) is 18.8 Å². The van der Waals surface area contributed by atoms with Gasteiger partial charge in [0, 0.05) is 7.11 Å². The molecule has 3 unspecified atom stereocenters. The van der Waals surface area contributed by atoms with Crippen molar-refractivity contribution in [2.24, 2.45) is 5.92 Å². The molecule has 1 heterocycles. The molecule has 0 aromatic rings. The average molecular weight is 214 g/mol. The lowest BCUT2D eigenvalue weighted by molar-refractivity contribution is -0.0739. The van der Waals surface area contributed by atoms with Crippen LogP contribution in [0.1, 0.15) is 52.4 Å². The molecule has 0 spiro atoms. The minimum absolute atomic E-state index is 0.343. The normalized spacial score (nSPS) is 29.0. The zero-order chi connectivity index (χ0) is 11.1. The first-order chi connectivity index (χ1) is 7.26. The van der Waals surface area contributed by atoms with E-state index in [0.29, 0.717) is 12.2 Å². The van der Waals surface area contributed by atoms with E-state index in [2.05, 4.69) is 13.8 Å². The van der Waals surface area contributed by atoms with Crippen LogP contribution >= 0.6 is 0 Å². The van der Waals surface area contributed by atoms with Gasteiger partial charge < -0.3 is 9.47 Å². The molecule has 90 valence electrons. The number of hydrogen-bond acceptors (Lipinski definition) is 2. The molecule has 1 rings (SSSR count). The second-order valence-electron chi connectivity index (χ2n) is 4.83. The van der Waals surface area contributed by atoms with Crippen LogP contribution in [0, 0.1) is 5.92 Å². The molecule has 0 saturated carbocycles. The van der Waals surface area contributed by atoms with Gasteiger partial charge in [0.15, 0.2) is 0 Å². The SMILES string of the molecule is CCC(C)CCCC1CCC(OC)CO1. The quantitative estimate of drug-likeness (QED) is 0.674. The van der Waals surface area contributed by atoms with Crippen LogP contribution in [0.15, 0.2) is 0 Å². The second-order valence-corrected chi connectivity index (χ2v) is 4.83. The molecule has 15 heavy (non-hydrogen) atoms. The van der Waals surface area contributed by atoms with E-state index in [1.807, 2.05) is 0 Å². The van der Waals surface area contributed by atoms with E-state index >= 15 is 0 Å². The highest BCUT2D eigenvalue weighted by Crippen LogP contribution is 2.21. The molecule has 1 aliphatic rings. The van der Waals surface area contributed by atoms with Crippen molar-refractivity contribution in [2.45, 2.75) is 64.6 Å². The third-order valence-electron chi connectivity index (χ3n) is 3.58. The van der Waals surface area contributed by atoms with Gasteiger partial charge in [-0.3, -0.25) is 0 Å². The molecule has 0 bridgehead atoms. The fourth-order valence-electron chi connectivity index (χ4n) is 2.09. The summed E-state index contributed by atoms with van der Waals surface area (Å²) in [6.45, 7) is 5.40. The Labute approximate surface area is 94.3 Å². The number of ether oxygens (including phenoxy) is 2. The molecular weight excluding hydrogens is 188 g/mol. The van der Waals surface area contributed by atoms with E-state index in [0.717, 1.165) is 12.5 Å². The Kier molecular flexibility index (Phi) is 6.26. The Hall–Kier alpha value is -0.0800. The monoisotopic (exact) mass is 214 g/mol. The van der Waals surface area contributed by atoms with Crippen LogP contribution in [0.2, 0.25) is 0 Å². The largest absolute Gasteiger partial charge is 0.379 e. The molecule has 0 radical (unpaired) electrons. The van der Waals surface area contributed by atoms with Gasteiger partial charge in [0.2, 0.25) is 0 Å². The maximum atomic E-state index is 5.77. The highest BCUT2D eigenvalue weighted by Gasteiger charge is 2.20. The van der Waals surface area contributed by atoms with E-state index < -0.39 is 0 Å². The summed E-state index contributed by atoms with van der Waals surface area (Å²) in [6, 6.07) is 0. The van der Waals surface area contributed by atoms with Crippen LogP contribution in [0.3, 0.4) is 0 Å². The van der Waals surface area contributed by atoms with Crippen molar-refractivity contribution >= 4 is 0 Å². The van der Waals surface area contributed by atoms with Gasteiger partial charge in [-0.05, 0) is 25.2 Å². The summed E-state index contributed by atoms with van der Waals surface area (Å²) in [5.41, 5.74) is 0. The topological polar surface area (TPSA) is 18.5 Å². The van der Waals surface area contributed by atoms with Crippen molar-refractivity contribution in [3.05, 3.63) is 0 Å². The lowest BCUT2D eigenvalue weighted by Crippen LogP contribution is -2.30. The number of rotatable bonds is 6. The predicted octanol–water partition coefficient (Wildman–Crippen LogP) is 3.40. The first kappa shape index (κ1) is 13.0. The van der Waals surface area contributed by atoms with E-state index in [9.17, 15) is 0 Å². The third kappa shape index (κ3) is 4.98. The highest BCUT2D eigenvalue weighted by molar-refractivity contribution is 4.70. The lowest BCUT2D eigenvalue weighted by atomic mass is 9.97.